The maximum atomic E-state index is 13.2. The molecule has 0 bridgehead atoms. The molecule has 0 aliphatic carbocycles. The Balaban J connectivity index is 1.52. The number of piperazine rings is 1. The SMILES string of the molecule is Cc1cc(C(=O)N2CCN(c3cccc(O)c3C)CC2)n(-c2ccccc2)n1. The number of phenolic OH excluding ortho intramolecular Hbond substituents is 1. The molecular formula is C22H24N4O2. The third kappa shape index (κ3) is 3.33. The number of nitrogens with zero attached hydrogens (tertiary/aromatic N) is 4. The molecule has 1 aliphatic rings. The van der Waals surface area contributed by atoms with Gasteiger partial charge < -0.3 is 14.9 Å². The molecule has 0 saturated carbocycles. The lowest BCUT2D eigenvalue weighted by atomic mass is 10.1. The summed E-state index contributed by atoms with van der Waals surface area (Å²) in [5, 5.41) is 14.5. The molecule has 0 radical (unpaired) electrons. The minimum absolute atomic E-state index is 0.00302. The van der Waals surface area contributed by atoms with Gasteiger partial charge in [-0.2, -0.15) is 5.10 Å². The minimum atomic E-state index is -0.00302. The van der Waals surface area contributed by atoms with Crippen LogP contribution in [-0.4, -0.2) is 51.9 Å². The Morgan fingerprint density at radius 3 is 2.39 bits per heavy atom. The van der Waals surface area contributed by atoms with Crippen molar-refractivity contribution in [3.8, 4) is 11.4 Å². The Morgan fingerprint density at radius 1 is 0.964 bits per heavy atom. The highest BCUT2D eigenvalue weighted by Gasteiger charge is 2.26. The maximum absolute atomic E-state index is 13.2. The molecule has 1 saturated heterocycles. The lowest BCUT2D eigenvalue weighted by Crippen LogP contribution is -2.49. The maximum Gasteiger partial charge on any atom is 0.272 e. The van der Waals surface area contributed by atoms with Crippen LogP contribution < -0.4 is 4.90 Å². The quantitative estimate of drug-likeness (QED) is 0.763. The predicted molar refractivity (Wildman–Crippen MR) is 109 cm³/mol. The number of carbonyl (C=O) groups excluding carboxylic acids is 1. The molecule has 1 fully saturated rings. The van der Waals surface area contributed by atoms with Crippen molar-refractivity contribution in [3.05, 3.63) is 71.5 Å². The van der Waals surface area contributed by atoms with E-state index in [0.717, 1.165) is 35.7 Å². The van der Waals surface area contributed by atoms with Crippen LogP contribution in [0.2, 0.25) is 0 Å². The third-order valence-electron chi connectivity index (χ3n) is 5.24. The molecule has 2 heterocycles. The van der Waals surface area contributed by atoms with E-state index in [1.54, 1.807) is 10.7 Å². The summed E-state index contributed by atoms with van der Waals surface area (Å²) >= 11 is 0. The van der Waals surface area contributed by atoms with Gasteiger partial charge in [-0.05, 0) is 44.2 Å². The largest absolute Gasteiger partial charge is 0.508 e. The molecule has 2 aromatic carbocycles. The summed E-state index contributed by atoms with van der Waals surface area (Å²) in [7, 11) is 0. The van der Waals surface area contributed by atoms with Gasteiger partial charge in [0.25, 0.3) is 5.91 Å². The van der Waals surface area contributed by atoms with Crippen LogP contribution in [0.25, 0.3) is 5.69 Å². The van der Waals surface area contributed by atoms with Gasteiger partial charge in [0.2, 0.25) is 0 Å². The van der Waals surface area contributed by atoms with E-state index < -0.39 is 0 Å². The zero-order valence-electron chi connectivity index (χ0n) is 16.2. The molecular weight excluding hydrogens is 352 g/mol. The third-order valence-corrected chi connectivity index (χ3v) is 5.24. The Bertz CT molecular complexity index is 989. The normalized spacial score (nSPS) is 14.4. The number of carbonyl (C=O) groups is 1. The number of phenols is 1. The summed E-state index contributed by atoms with van der Waals surface area (Å²) in [6, 6.07) is 17.2. The van der Waals surface area contributed by atoms with E-state index in [2.05, 4.69) is 10.00 Å². The molecule has 0 spiro atoms. The van der Waals surface area contributed by atoms with Gasteiger partial charge >= 0.3 is 0 Å². The van der Waals surface area contributed by atoms with Crippen molar-refractivity contribution in [1.82, 2.24) is 14.7 Å². The molecule has 0 unspecified atom stereocenters. The number of hydrogen-bond acceptors (Lipinski definition) is 4. The van der Waals surface area contributed by atoms with Gasteiger partial charge in [-0.15, -0.1) is 0 Å². The van der Waals surface area contributed by atoms with Gasteiger partial charge in [0.05, 0.1) is 11.4 Å². The molecule has 4 rings (SSSR count). The summed E-state index contributed by atoms with van der Waals surface area (Å²) in [5.74, 6) is 0.301. The van der Waals surface area contributed by atoms with Crippen LogP contribution in [0.15, 0.2) is 54.6 Å². The first-order valence-corrected chi connectivity index (χ1v) is 9.49. The second-order valence-electron chi connectivity index (χ2n) is 7.12. The lowest BCUT2D eigenvalue weighted by molar-refractivity contribution is 0.0737. The Hall–Kier alpha value is -3.28. The molecule has 1 aliphatic heterocycles. The van der Waals surface area contributed by atoms with Crippen molar-refractivity contribution in [1.29, 1.82) is 0 Å². The Morgan fingerprint density at radius 2 is 1.68 bits per heavy atom. The molecule has 28 heavy (non-hydrogen) atoms. The standard InChI is InChI=1S/C22H24N4O2/c1-16-15-20(26(23-16)18-7-4-3-5-8-18)22(28)25-13-11-24(12-14-25)19-9-6-10-21(27)17(19)2/h3-10,15,27H,11-14H2,1-2H3. The van der Waals surface area contributed by atoms with Crippen molar-refractivity contribution in [3.63, 3.8) is 0 Å². The zero-order valence-corrected chi connectivity index (χ0v) is 16.2. The van der Waals surface area contributed by atoms with Gasteiger partial charge in [-0.1, -0.05) is 24.3 Å². The second kappa shape index (κ2) is 7.38. The highest BCUT2D eigenvalue weighted by molar-refractivity contribution is 5.93. The van der Waals surface area contributed by atoms with Gasteiger partial charge in [0.1, 0.15) is 11.4 Å². The second-order valence-corrected chi connectivity index (χ2v) is 7.12. The first kappa shape index (κ1) is 18.1. The number of aryl methyl sites for hydroxylation is 1. The van der Waals surface area contributed by atoms with Crippen LogP contribution in [0.5, 0.6) is 5.75 Å². The summed E-state index contributed by atoms with van der Waals surface area (Å²) in [6.45, 7) is 6.55. The molecule has 1 N–H and O–H groups in total. The van der Waals surface area contributed by atoms with Gasteiger partial charge in [0.15, 0.2) is 0 Å². The molecule has 6 heteroatoms. The number of aromatic hydroxyl groups is 1. The molecule has 1 amide bonds. The number of benzene rings is 2. The van der Waals surface area contributed by atoms with Gasteiger partial charge in [-0.25, -0.2) is 4.68 Å². The van der Waals surface area contributed by atoms with E-state index in [9.17, 15) is 9.90 Å². The summed E-state index contributed by atoms with van der Waals surface area (Å²) in [4.78, 5) is 17.3. The monoisotopic (exact) mass is 376 g/mol. The number of aromatic nitrogens is 2. The number of hydrogen-bond donors (Lipinski definition) is 1. The smallest absolute Gasteiger partial charge is 0.272 e. The zero-order chi connectivity index (χ0) is 19.7. The highest BCUT2D eigenvalue weighted by Crippen LogP contribution is 2.28. The lowest BCUT2D eigenvalue weighted by Gasteiger charge is -2.36. The fourth-order valence-electron chi connectivity index (χ4n) is 3.68. The first-order chi connectivity index (χ1) is 13.5. The molecule has 0 atom stereocenters. The van der Waals surface area contributed by atoms with E-state index in [-0.39, 0.29) is 5.91 Å². The predicted octanol–water partition coefficient (Wildman–Crippen LogP) is 3.16. The van der Waals surface area contributed by atoms with Crippen LogP contribution in [0.3, 0.4) is 0 Å². The van der Waals surface area contributed by atoms with Gasteiger partial charge in [0, 0.05) is 37.4 Å². The van der Waals surface area contributed by atoms with E-state index in [1.165, 1.54) is 0 Å². The van der Waals surface area contributed by atoms with Crippen LogP contribution in [0.4, 0.5) is 5.69 Å². The average molecular weight is 376 g/mol. The van der Waals surface area contributed by atoms with E-state index in [1.807, 2.05) is 67.3 Å². The van der Waals surface area contributed by atoms with Crippen LogP contribution in [-0.2, 0) is 0 Å². The first-order valence-electron chi connectivity index (χ1n) is 9.49. The number of rotatable bonds is 3. The van der Waals surface area contributed by atoms with E-state index in [0.29, 0.717) is 24.5 Å². The molecule has 144 valence electrons. The van der Waals surface area contributed by atoms with Crippen LogP contribution >= 0.6 is 0 Å². The molecule has 6 nitrogen and oxygen atoms in total. The highest BCUT2D eigenvalue weighted by atomic mass is 16.3. The summed E-state index contributed by atoms with van der Waals surface area (Å²) in [5.41, 5.74) is 4.19. The van der Waals surface area contributed by atoms with Crippen molar-refractivity contribution in [2.75, 3.05) is 31.1 Å². The van der Waals surface area contributed by atoms with Crippen LogP contribution in [0, 0.1) is 13.8 Å². The number of para-hydroxylation sites is 1. The average Bonchev–Trinajstić information content (AvgIpc) is 3.12. The van der Waals surface area contributed by atoms with E-state index >= 15 is 0 Å². The summed E-state index contributed by atoms with van der Waals surface area (Å²) in [6.07, 6.45) is 0. The van der Waals surface area contributed by atoms with Crippen molar-refractivity contribution in [2.24, 2.45) is 0 Å². The fraction of sp³-hybridized carbons (Fsp3) is 0.273. The van der Waals surface area contributed by atoms with Crippen molar-refractivity contribution < 1.29 is 9.90 Å². The summed E-state index contributed by atoms with van der Waals surface area (Å²) < 4.78 is 1.73. The Labute approximate surface area is 164 Å². The minimum Gasteiger partial charge on any atom is -0.508 e. The van der Waals surface area contributed by atoms with Crippen LogP contribution in [0.1, 0.15) is 21.7 Å². The van der Waals surface area contributed by atoms with Gasteiger partial charge in [-0.3, -0.25) is 4.79 Å². The fourth-order valence-corrected chi connectivity index (χ4v) is 3.68. The van der Waals surface area contributed by atoms with Crippen molar-refractivity contribution >= 4 is 11.6 Å². The van der Waals surface area contributed by atoms with Crippen molar-refractivity contribution in [2.45, 2.75) is 13.8 Å². The Kier molecular flexibility index (Phi) is 4.77. The van der Waals surface area contributed by atoms with E-state index in [4.69, 9.17) is 0 Å². The molecule has 3 aromatic rings. The number of amides is 1. The number of anilines is 1. The topological polar surface area (TPSA) is 61.6 Å². The molecule has 1 aromatic heterocycles.